The highest BCUT2D eigenvalue weighted by Crippen LogP contribution is 2.51. The average molecular weight is 310 g/mol. The van der Waals surface area contributed by atoms with Crippen LogP contribution in [0.4, 0.5) is 5.69 Å². The highest BCUT2D eigenvalue weighted by molar-refractivity contribution is 5.76. The summed E-state index contributed by atoms with van der Waals surface area (Å²) in [5.74, 6) is -0.0885. The van der Waals surface area contributed by atoms with E-state index >= 15 is 0 Å². The molecule has 0 aromatic carbocycles. The number of methoxy groups -OCH3 is 1. The Bertz CT molecular complexity index is 583. The van der Waals surface area contributed by atoms with Crippen LogP contribution in [0.3, 0.4) is 0 Å². The first-order valence-electron chi connectivity index (χ1n) is 7.21. The van der Waals surface area contributed by atoms with Crippen LogP contribution in [0.25, 0.3) is 0 Å². The number of aromatic nitrogens is 2. The predicted molar refractivity (Wildman–Crippen MR) is 79.2 cm³/mol. The fourth-order valence-electron chi connectivity index (χ4n) is 2.77. The topological polar surface area (TPSA) is 99.3 Å². The molecular weight excluding hydrogens is 288 g/mol. The van der Waals surface area contributed by atoms with E-state index in [1.165, 1.54) is 17.1 Å². The minimum atomic E-state index is -0.508. The second kappa shape index (κ2) is 5.68. The maximum absolute atomic E-state index is 12.0. The Kier molecular flexibility index (Phi) is 4.23. The summed E-state index contributed by atoms with van der Waals surface area (Å²) in [4.78, 5) is 22.1. The van der Waals surface area contributed by atoms with E-state index in [2.05, 4.69) is 24.3 Å². The van der Waals surface area contributed by atoms with Crippen LogP contribution in [0.5, 0.6) is 0 Å². The number of ether oxygens (including phenoxy) is 1. The number of amides is 1. The zero-order valence-electron chi connectivity index (χ0n) is 13.3. The number of aryl methyl sites for hydroxylation is 1. The zero-order chi connectivity index (χ0) is 16.5. The molecule has 8 nitrogen and oxygen atoms in total. The van der Waals surface area contributed by atoms with E-state index in [1.54, 1.807) is 7.11 Å². The van der Waals surface area contributed by atoms with Crippen molar-refractivity contribution in [3.05, 3.63) is 22.5 Å². The van der Waals surface area contributed by atoms with Crippen LogP contribution in [-0.2, 0) is 16.1 Å². The van der Waals surface area contributed by atoms with Crippen molar-refractivity contribution in [2.45, 2.75) is 51.8 Å². The van der Waals surface area contributed by atoms with Crippen LogP contribution in [0.2, 0.25) is 0 Å². The van der Waals surface area contributed by atoms with Gasteiger partial charge in [-0.3, -0.25) is 19.6 Å². The number of nitrogens with one attached hydrogen (secondary N) is 1. The molecule has 8 heteroatoms. The van der Waals surface area contributed by atoms with Gasteiger partial charge in [-0.25, -0.2) is 0 Å². The first kappa shape index (κ1) is 16.4. The van der Waals surface area contributed by atoms with Gasteiger partial charge >= 0.3 is 5.69 Å². The quantitative estimate of drug-likeness (QED) is 0.634. The fraction of sp³-hybridized carbons (Fsp3) is 0.714. The summed E-state index contributed by atoms with van der Waals surface area (Å²) in [6.07, 6.45) is 3.50. The Hall–Kier alpha value is -1.96. The van der Waals surface area contributed by atoms with E-state index in [0.29, 0.717) is 6.54 Å². The molecule has 0 unspecified atom stereocenters. The summed E-state index contributed by atoms with van der Waals surface area (Å²) >= 11 is 0. The molecule has 1 N–H and O–H groups in total. The van der Waals surface area contributed by atoms with Gasteiger partial charge in [-0.05, 0) is 13.3 Å². The second-order valence-corrected chi connectivity index (χ2v) is 6.45. The van der Waals surface area contributed by atoms with Crippen molar-refractivity contribution in [3.63, 3.8) is 0 Å². The number of carbonyl (C=O) groups excluding carboxylic acids is 1. The Morgan fingerprint density at radius 2 is 2.27 bits per heavy atom. The van der Waals surface area contributed by atoms with E-state index in [0.717, 1.165) is 6.42 Å². The van der Waals surface area contributed by atoms with Gasteiger partial charge in [0.2, 0.25) is 5.91 Å². The molecule has 2 atom stereocenters. The maximum atomic E-state index is 12.0. The number of hydrogen-bond acceptors (Lipinski definition) is 5. The van der Waals surface area contributed by atoms with Crippen LogP contribution >= 0.6 is 0 Å². The van der Waals surface area contributed by atoms with Crippen LogP contribution in [0, 0.1) is 15.5 Å². The molecule has 0 spiro atoms. The third-order valence-corrected chi connectivity index (χ3v) is 5.01. The monoisotopic (exact) mass is 310 g/mol. The molecule has 1 aliphatic carbocycles. The van der Waals surface area contributed by atoms with Crippen molar-refractivity contribution in [2.75, 3.05) is 7.11 Å². The number of nitrogens with zero attached hydrogens (tertiary/aromatic N) is 3. The fourth-order valence-corrected chi connectivity index (χ4v) is 2.77. The molecular formula is C14H22N4O4. The maximum Gasteiger partial charge on any atom is 0.306 e. The summed E-state index contributed by atoms with van der Waals surface area (Å²) in [6.45, 7) is 6.50. The van der Waals surface area contributed by atoms with Crippen molar-refractivity contribution >= 4 is 11.6 Å². The van der Waals surface area contributed by atoms with Gasteiger partial charge in [-0.2, -0.15) is 5.10 Å². The van der Waals surface area contributed by atoms with Gasteiger partial charge < -0.3 is 10.1 Å². The molecule has 1 saturated carbocycles. The van der Waals surface area contributed by atoms with Gasteiger partial charge in [0.1, 0.15) is 12.4 Å². The molecule has 0 bridgehead atoms. The van der Waals surface area contributed by atoms with Crippen molar-refractivity contribution in [2.24, 2.45) is 5.41 Å². The Labute approximate surface area is 129 Å². The van der Waals surface area contributed by atoms with E-state index in [1.807, 2.05) is 6.92 Å². The number of carbonyl (C=O) groups is 1. The third-order valence-electron chi connectivity index (χ3n) is 5.01. The molecule has 22 heavy (non-hydrogen) atoms. The molecule has 1 amide bonds. The lowest BCUT2D eigenvalue weighted by atomic mass is 9.56. The molecule has 122 valence electrons. The van der Waals surface area contributed by atoms with E-state index < -0.39 is 4.92 Å². The third kappa shape index (κ3) is 2.83. The van der Waals surface area contributed by atoms with E-state index in [-0.39, 0.29) is 35.1 Å². The minimum Gasteiger partial charge on any atom is -0.378 e. The first-order chi connectivity index (χ1) is 10.2. The van der Waals surface area contributed by atoms with Crippen molar-refractivity contribution in [3.8, 4) is 0 Å². The normalized spacial score (nSPS) is 26.3. The lowest BCUT2D eigenvalue weighted by Crippen LogP contribution is -2.68. The summed E-state index contributed by atoms with van der Waals surface area (Å²) in [6, 6.07) is 0.0666. The molecule has 0 saturated heterocycles. The smallest absolute Gasteiger partial charge is 0.306 e. The summed E-state index contributed by atoms with van der Waals surface area (Å²) < 4.78 is 6.93. The van der Waals surface area contributed by atoms with Gasteiger partial charge in [0.05, 0.1) is 10.5 Å². The van der Waals surface area contributed by atoms with Crippen LogP contribution in [0.15, 0.2) is 12.4 Å². The zero-order valence-corrected chi connectivity index (χ0v) is 13.3. The van der Waals surface area contributed by atoms with Crippen LogP contribution < -0.4 is 5.32 Å². The number of nitro groups is 1. The van der Waals surface area contributed by atoms with Gasteiger partial charge in [0.25, 0.3) is 0 Å². The summed E-state index contributed by atoms with van der Waals surface area (Å²) in [5.41, 5.74) is -0.438. The van der Waals surface area contributed by atoms with Crippen molar-refractivity contribution < 1.29 is 14.5 Å². The lowest BCUT2D eigenvalue weighted by Gasteiger charge is -2.59. The van der Waals surface area contributed by atoms with Gasteiger partial charge in [0.15, 0.2) is 0 Å². The predicted octanol–water partition coefficient (Wildman–Crippen LogP) is 1.50. The summed E-state index contributed by atoms with van der Waals surface area (Å²) in [7, 11) is 1.68. The molecule has 2 rings (SSSR count). The van der Waals surface area contributed by atoms with Crippen molar-refractivity contribution in [1.82, 2.24) is 15.1 Å². The SMILES string of the molecule is CO[C@]1(C)C[C@H](NC(=O)CCn2cc([N+](=O)[O-])cn2)C1(C)C. The molecule has 0 aliphatic heterocycles. The molecule has 1 aliphatic rings. The molecule has 1 aromatic rings. The van der Waals surface area contributed by atoms with Gasteiger partial charge in [-0.15, -0.1) is 0 Å². The van der Waals surface area contributed by atoms with E-state index in [9.17, 15) is 14.9 Å². The Balaban J connectivity index is 1.83. The summed E-state index contributed by atoms with van der Waals surface area (Å²) in [5, 5.41) is 17.4. The van der Waals surface area contributed by atoms with Crippen LogP contribution in [-0.4, -0.2) is 39.4 Å². The largest absolute Gasteiger partial charge is 0.378 e. The van der Waals surface area contributed by atoms with Gasteiger partial charge in [-0.1, -0.05) is 13.8 Å². The average Bonchev–Trinajstić information content (AvgIpc) is 2.93. The Morgan fingerprint density at radius 3 is 2.77 bits per heavy atom. The highest BCUT2D eigenvalue weighted by Gasteiger charge is 2.58. The minimum absolute atomic E-state index is 0.0666. The second-order valence-electron chi connectivity index (χ2n) is 6.45. The number of hydrogen-bond donors (Lipinski definition) is 1. The highest BCUT2D eigenvalue weighted by atomic mass is 16.6. The number of rotatable bonds is 6. The molecule has 1 heterocycles. The van der Waals surface area contributed by atoms with Crippen LogP contribution in [0.1, 0.15) is 33.6 Å². The lowest BCUT2D eigenvalue weighted by molar-refractivity contribution is -0.385. The molecule has 0 radical (unpaired) electrons. The van der Waals surface area contributed by atoms with Crippen molar-refractivity contribution in [1.29, 1.82) is 0 Å². The Morgan fingerprint density at radius 1 is 1.59 bits per heavy atom. The first-order valence-corrected chi connectivity index (χ1v) is 7.21. The standard InChI is InChI=1S/C14H22N4O4/c1-13(2)11(7-14(13,3)22-4)16-12(19)5-6-17-9-10(8-15-17)18(20)21/h8-9,11H,5-7H2,1-4H3,(H,16,19)/t11-,14+/m0/s1. The van der Waals surface area contributed by atoms with E-state index in [4.69, 9.17) is 4.74 Å². The molecule has 1 fully saturated rings. The van der Waals surface area contributed by atoms with Gasteiger partial charge in [0, 0.05) is 31.5 Å². The molecule has 1 aromatic heterocycles.